The van der Waals surface area contributed by atoms with Gasteiger partial charge in [-0.25, -0.2) is 4.99 Å². The van der Waals surface area contributed by atoms with Crippen LogP contribution >= 0.6 is 0 Å². The Hall–Kier alpha value is -2.67. The Bertz CT molecular complexity index is 785. The molecule has 1 unspecified atom stereocenters. The lowest BCUT2D eigenvalue weighted by molar-refractivity contribution is 0.174. The molecule has 1 fully saturated rings. The van der Waals surface area contributed by atoms with Crippen LogP contribution < -0.4 is 20.1 Å². The smallest absolute Gasteiger partial charge is 0.231 e. The van der Waals surface area contributed by atoms with Crippen molar-refractivity contribution in [1.29, 1.82) is 0 Å². The molecule has 0 bridgehead atoms. The van der Waals surface area contributed by atoms with Gasteiger partial charge in [0, 0.05) is 13.1 Å². The summed E-state index contributed by atoms with van der Waals surface area (Å²) in [6.07, 6.45) is 4.24. The summed E-state index contributed by atoms with van der Waals surface area (Å²) in [6, 6.07) is 10.2. The summed E-state index contributed by atoms with van der Waals surface area (Å²) in [5.41, 5.74) is 1.09. The molecule has 0 amide bonds. The highest BCUT2D eigenvalue weighted by Gasteiger charge is 2.25. The number of nitrogens with zero attached hydrogens (tertiary/aromatic N) is 2. The molecular formula is C21H28N4O3. The van der Waals surface area contributed by atoms with Crippen molar-refractivity contribution in [1.82, 2.24) is 15.5 Å². The quantitative estimate of drug-likeness (QED) is 0.565. The van der Waals surface area contributed by atoms with Crippen LogP contribution in [0.5, 0.6) is 11.5 Å². The Morgan fingerprint density at radius 1 is 1.14 bits per heavy atom. The summed E-state index contributed by atoms with van der Waals surface area (Å²) in [5.74, 6) is 3.39. The van der Waals surface area contributed by atoms with Crippen molar-refractivity contribution in [2.75, 3.05) is 33.0 Å². The maximum absolute atomic E-state index is 5.70. The van der Waals surface area contributed by atoms with E-state index >= 15 is 0 Å². The zero-order valence-electron chi connectivity index (χ0n) is 16.3. The number of likely N-dealkylation sites (tertiary alicyclic amines) is 1. The average Bonchev–Trinajstić information content (AvgIpc) is 3.48. The Labute approximate surface area is 165 Å². The molecule has 150 valence electrons. The molecule has 1 aromatic carbocycles. The molecular weight excluding hydrogens is 356 g/mol. The molecule has 2 aromatic rings. The van der Waals surface area contributed by atoms with Gasteiger partial charge < -0.3 is 24.5 Å². The van der Waals surface area contributed by atoms with Crippen LogP contribution in [-0.2, 0) is 6.54 Å². The molecule has 1 saturated heterocycles. The summed E-state index contributed by atoms with van der Waals surface area (Å²) < 4.78 is 16.5. The fourth-order valence-corrected chi connectivity index (χ4v) is 3.69. The minimum atomic E-state index is 0.215. The number of hydrogen-bond acceptors (Lipinski definition) is 5. The van der Waals surface area contributed by atoms with E-state index in [9.17, 15) is 0 Å². The van der Waals surface area contributed by atoms with Crippen LogP contribution in [-0.4, -0.2) is 43.8 Å². The highest BCUT2D eigenvalue weighted by Crippen LogP contribution is 2.32. The van der Waals surface area contributed by atoms with Gasteiger partial charge in [0.1, 0.15) is 5.76 Å². The van der Waals surface area contributed by atoms with Crippen molar-refractivity contribution in [3.8, 4) is 11.5 Å². The number of benzene rings is 1. The minimum Gasteiger partial charge on any atom is -0.468 e. The first kappa shape index (κ1) is 18.7. The predicted molar refractivity (Wildman–Crippen MR) is 108 cm³/mol. The fraction of sp³-hybridized carbons (Fsp3) is 0.476. The second kappa shape index (κ2) is 9.01. The van der Waals surface area contributed by atoms with Crippen molar-refractivity contribution in [2.24, 2.45) is 4.99 Å². The van der Waals surface area contributed by atoms with E-state index in [-0.39, 0.29) is 12.8 Å². The van der Waals surface area contributed by atoms with Crippen molar-refractivity contribution >= 4 is 5.96 Å². The first-order valence-electron chi connectivity index (χ1n) is 10.0. The van der Waals surface area contributed by atoms with Crippen LogP contribution in [0.1, 0.15) is 37.1 Å². The maximum atomic E-state index is 5.70. The van der Waals surface area contributed by atoms with Gasteiger partial charge in [-0.2, -0.15) is 0 Å². The summed E-state index contributed by atoms with van der Waals surface area (Å²) in [5, 5.41) is 6.82. The van der Waals surface area contributed by atoms with Crippen LogP contribution in [0, 0.1) is 0 Å². The highest BCUT2D eigenvalue weighted by atomic mass is 16.7. The molecule has 0 radical (unpaired) electrons. The lowest BCUT2D eigenvalue weighted by Gasteiger charge is -2.26. The van der Waals surface area contributed by atoms with E-state index in [2.05, 4.69) is 28.5 Å². The molecule has 1 atom stereocenters. The molecule has 7 nitrogen and oxygen atoms in total. The highest BCUT2D eigenvalue weighted by molar-refractivity contribution is 5.79. The van der Waals surface area contributed by atoms with Gasteiger partial charge in [0.25, 0.3) is 0 Å². The second-order valence-corrected chi connectivity index (χ2v) is 7.04. The third-order valence-corrected chi connectivity index (χ3v) is 5.12. The second-order valence-electron chi connectivity index (χ2n) is 7.04. The topological polar surface area (TPSA) is 71.3 Å². The van der Waals surface area contributed by atoms with Gasteiger partial charge in [-0.3, -0.25) is 4.90 Å². The normalized spacial score (nSPS) is 17.7. The lowest BCUT2D eigenvalue weighted by atomic mass is 10.2. The molecule has 2 N–H and O–H groups in total. The van der Waals surface area contributed by atoms with Crippen molar-refractivity contribution < 1.29 is 13.9 Å². The number of fused-ring (bicyclic) bond motifs is 1. The van der Waals surface area contributed by atoms with Gasteiger partial charge in [-0.15, -0.1) is 0 Å². The standard InChI is InChI=1S/C21H28N4O3/c1-2-22-21(23-13-16-7-8-19-20(12-16)28-15-27-19)24-14-17(18-6-5-11-26-18)25-9-3-4-10-25/h5-8,11-12,17H,2-4,9-10,13-15H2,1H3,(H2,22,23,24). The third-order valence-electron chi connectivity index (χ3n) is 5.12. The van der Waals surface area contributed by atoms with Gasteiger partial charge in [-0.1, -0.05) is 6.07 Å². The minimum absolute atomic E-state index is 0.215. The SMILES string of the molecule is CCNC(=NCc1ccc2c(c1)OCO2)NCC(c1ccco1)N1CCCC1. The third kappa shape index (κ3) is 4.42. The number of aliphatic imine (C=N–C) groups is 1. The van der Waals surface area contributed by atoms with Crippen molar-refractivity contribution in [3.63, 3.8) is 0 Å². The van der Waals surface area contributed by atoms with Gasteiger partial charge in [0.15, 0.2) is 17.5 Å². The van der Waals surface area contributed by atoms with E-state index in [1.807, 2.05) is 24.3 Å². The van der Waals surface area contributed by atoms with E-state index in [0.717, 1.165) is 55.0 Å². The molecule has 4 rings (SSSR count). The number of guanidine groups is 1. The van der Waals surface area contributed by atoms with Crippen molar-refractivity contribution in [2.45, 2.75) is 32.4 Å². The predicted octanol–water partition coefficient (Wildman–Crippen LogP) is 2.90. The summed E-state index contributed by atoms with van der Waals surface area (Å²) >= 11 is 0. The van der Waals surface area contributed by atoms with Crippen LogP contribution in [0.4, 0.5) is 0 Å². The monoisotopic (exact) mass is 384 g/mol. The van der Waals surface area contributed by atoms with E-state index in [1.54, 1.807) is 6.26 Å². The molecule has 1 aromatic heterocycles. The Morgan fingerprint density at radius 2 is 2.00 bits per heavy atom. The van der Waals surface area contributed by atoms with Crippen LogP contribution in [0.15, 0.2) is 46.0 Å². The molecule has 2 aliphatic heterocycles. The molecule has 28 heavy (non-hydrogen) atoms. The fourth-order valence-electron chi connectivity index (χ4n) is 3.69. The number of rotatable bonds is 7. The number of nitrogens with one attached hydrogen (secondary N) is 2. The van der Waals surface area contributed by atoms with Gasteiger partial charge in [-0.05, 0) is 62.7 Å². The zero-order valence-corrected chi connectivity index (χ0v) is 16.3. The lowest BCUT2D eigenvalue weighted by Crippen LogP contribution is -2.42. The largest absolute Gasteiger partial charge is 0.468 e. The number of furan rings is 1. The average molecular weight is 384 g/mol. The van der Waals surface area contributed by atoms with E-state index in [1.165, 1.54) is 12.8 Å². The molecule has 0 spiro atoms. The van der Waals surface area contributed by atoms with Crippen LogP contribution in [0.2, 0.25) is 0 Å². The van der Waals surface area contributed by atoms with Crippen molar-refractivity contribution in [3.05, 3.63) is 47.9 Å². The Balaban J connectivity index is 1.41. The Kier molecular flexibility index (Phi) is 6.01. The molecule has 7 heteroatoms. The molecule has 2 aliphatic rings. The number of ether oxygens (including phenoxy) is 2. The van der Waals surface area contributed by atoms with E-state index < -0.39 is 0 Å². The number of hydrogen-bond donors (Lipinski definition) is 2. The molecule has 0 saturated carbocycles. The summed E-state index contributed by atoms with van der Waals surface area (Å²) in [4.78, 5) is 7.22. The first-order valence-corrected chi connectivity index (χ1v) is 10.0. The maximum Gasteiger partial charge on any atom is 0.231 e. The van der Waals surface area contributed by atoms with Gasteiger partial charge >= 0.3 is 0 Å². The first-order chi connectivity index (χ1) is 13.8. The van der Waals surface area contributed by atoms with E-state index in [0.29, 0.717) is 6.54 Å². The summed E-state index contributed by atoms with van der Waals surface area (Å²) in [6.45, 7) is 6.71. The Morgan fingerprint density at radius 3 is 2.79 bits per heavy atom. The van der Waals surface area contributed by atoms with Gasteiger partial charge in [0.2, 0.25) is 6.79 Å². The summed E-state index contributed by atoms with van der Waals surface area (Å²) in [7, 11) is 0. The molecule has 0 aliphatic carbocycles. The molecule has 3 heterocycles. The zero-order chi connectivity index (χ0) is 19.2. The van der Waals surface area contributed by atoms with Crippen LogP contribution in [0.3, 0.4) is 0 Å². The van der Waals surface area contributed by atoms with Crippen LogP contribution in [0.25, 0.3) is 0 Å². The van der Waals surface area contributed by atoms with E-state index in [4.69, 9.17) is 18.9 Å². The van der Waals surface area contributed by atoms with Gasteiger partial charge in [0.05, 0.1) is 18.8 Å².